The molecular formula is C17H22ClN3O2. The number of halogens is 1. The standard InChI is InChI=1S/C17H22ClN3O2/c1-20-10-8-15-12(11-20)5-4-9-21(15)17(23)16(22)19-14-7-3-2-6-13(14)18/h2-3,6-7,12,15H,4-5,8-11H2,1H3,(H,19,22)/t12-,15+/m0/s1. The number of para-hydroxylation sites is 1. The number of fused-ring (bicyclic) bond motifs is 1. The van der Waals surface area contributed by atoms with Crippen LogP contribution in [0, 0.1) is 5.92 Å². The fourth-order valence-corrected chi connectivity index (χ4v) is 3.89. The van der Waals surface area contributed by atoms with Crippen LogP contribution in [-0.4, -0.2) is 54.3 Å². The highest BCUT2D eigenvalue weighted by Crippen LogP contribution is 2.30. The van der Waals surface area contributed by atoms with Crippen molar-refractivity contribution in [1.29, 1.82) is 0 Å². The molecule has 0 bridgehead atoms. The number of rotatable bonds is 1. The third-order valence-electron chi connectivity index (χ3n) is 4.85. The predicted molar refractivity (Wildman–Crippen MR) is 90.4 cm³/mol. The van der Waals surface area contributed by atoms with Crippen LogP contribution in [0.4, 0.5) is 5.69 Å². The Morgan fingerprint density at radius 1 is 1.22 bits per heavy atom. The second-order valence-corrected chi connectivity index (χ2v) is 6.86. The molecule has 5 nitrogen and oxygen atoms in total. The zero-order valence-electron chi connectivity index (χ0n) is 13.3. The molecule has 2 fully saturated rings. The quantitative estimate of drug-likeness (QED) is 0.801. The maximum Gasteiger partial charge on any atom is 0.313 e. The van der Waals surface area contributed by atoms with Crippen LogP contribution in [-0.2, 0) is 9.59 Å². The van der Waals surface area contributed by atoms with Crippen molar-refractivity contribution >= 4 is 29.1 Å². The SMILES string of the molecule is CN1CC[C@@H]2[C@@H](CCCN2C(=O)C(=O)Nc2ccccc2Cl)C1. The van der Waals surface area contributed by atoms with E-state index in [2.05, 4.69) is 17.3 Å². The van der Waals surface area contributed by atoms with Gasteiger partial charge in [-0.25, -0.2) is 0 Å². The summed E-state index contributed by atoms with van der Waals surface area (Å²) in [4.78, 5) is 29.0. The van der Waals surface area contributed by atoms with Crippen molar-refractivity contribution in [3.05, 3.63) is 29.3 Å². The van der Waals surface area contributed by atoms with Gasteiger partial charge in [0.2, 0.25) is 0 Å². The average molecular weight is 336 g/mol. The van der Waals surface area contributed by atoms with Gasteiger partial charge in [0.1, 0.15) is 0 Å². The number of piperidine rings is 2. The lowest BCUT2D eigenvalue weighted by atomic mass is 9.84. The number of anilines is 1. The van der Waals surface area contributed by atoms with E-state index in [-0.39, 0.29) is 6.04 Å². The fourth-order valence-electron chi connectivity index (χ4n) is 3.71. The van der Waals surface area contributed by atoms with Gasteiger partial charge >= 0.3 is 11.8 Å². The van der Waals surface area contributed by atoms with Gasteiger partial charge in [-0.2, -0.15) is 0 Å². The van der Waals surface area contributed by atoms with Crippen LogP contribution < -0.4 is 5.32 Å². The van der Waals surface area contributed by atoms with E-state index >= 15 is 0 Å². The van der Waals surface area contributed by atoms with Crippen LogP contribution in [0.5, 0.6) is 0 Å². The van der Waals surface area contributed by atoms with E-state index in [1.54, 1.807) is 29.2 Å². The number of hydrogen-bond acceptors (Lipinski definition) is 3. The monoisotopic (exact) mass is 335 g/mol. The third-order valence-corrected chi connectivity index (χ3v) is 5.18. The van der Waals surface area contributed by atoms with Gasteiger partial charge in [0.15, 0.2) is 0 Å². The van der Waals surface area contributed by atoms with Crippen LogP contribution in [0.2, 0.25) is 5.02 Å². The number of nitrogens with one attached hydrogen (secondary N) is 1. The molecule has 2 amide bonds. The van der Waals surface area contributed by atoms with Gasteiger partial charge in [0.25, 0.3) is 0 Å². The molecule has 1 aromatic rings. The molecule has 0 aromatic heterocycles. The number of nitrogens with zero attached hydrogens (tertiary/aromatic N) is 2. The van der Waals surface area contributed by atoms with Crippen molar-refractivity contribution in [2.45, 2.75) is 25.3 Å². The van der Waals surface area contributed by atoms with Crippen molar-refractivity contribution in [3.8, 4) is 0 Å². The molecule has 0 spiro atoms. The van der Waals surface area contributed by atoms with Crippen LogP contribution in [0.1, 0.15) is 19.3 Å². The molecule has 124 valence electrons. The van der Waals surface area contributed by atoms with E-state index in [0.29, 0.717) is 23.2 Å². The molecule has 2 atom stereocenters. The lowest BCUT2D eigenvalue weighted by molar-refractivity contribution is -0.148. The topological polar surface area (TPSA) is 52.7 Å². The Balaban J connectivity index is 1.69. The summed E-state index contributed by atoms with van der Waals surface area (Å²) in [6.45, 7) is 2.64. The zero-order chi connectivity index (χ0) is 16.4. The molecular weight excluding hydrogens is 314 g/mol. The fraction of sp³-hybridized carbons (Fsp3) is 0.529. The van der Waals surface area contributed by atoms with Crippen molar-refractivity contribution < 1.29 is 9.59 Å². The molecule has 0 saturated carbocycles. The van der Waals surface area contributed by atoms with Crippen LogP contribution >= 0.6 is 11.6 Å². The summed E-state index contributed by atoms with van der Waals surface area (Å²) in [5, 5.41) is 3.07. The van der Waals surface area contributed by atoms with Gasteiger partial charge in [0, 0.05) is 19.1 Å². The minimum absolute atomic E-state index is 0.185. The molecule has 2 heterocycles. The lowest BCUT2D eigenvalue weighted by Crippen LogP contribution is -2.57. The highest BCUT2D eigenvalue weighted by Gasteiger charge is 2.39. The summed E-state index contributed by atoms with van der Waals surface area (Å²) >= 11 is 6.04. The second kappa shape index (κ2) is 6.89. The number of carbonyl (C=O) groups excluding carboxylic acids is 2. The number of benzene rings is 1. The normalized spacial score (nSPS) is 24.9. The summed E-state index contributed by atoms with van der Waals surface area (Å²) in [5.41, 5.74) is 0.476. The smallest absolute Gasteiger partial charge is 0.313 e. The molecule has 1 aromatic carbocycles. The Bertz CT molecular complexity index is 607. The van der Waals surface area contributed by atoms with Crippen molar-refractivity contribution in [3.63, 3.8) is 0 Å². The molecule has 0 unspecified atom stereocenters. The first kappa shape index (κ1) is 16.3. The van der Waals surface area contributed by atoms with E-state index in [9.17, 15) is 9.59 Å². The molecule has 1 N–H and O–H groups in total. The maximum atomic E-state index is 12.6. The van der Waals surface area contributed by atoms with E-state index in [1.165, 1.54) is 0 Å². The zero-order valence-corrected chi connectivity index (χ0v) is 14.1. The van der Waals surface area contributed by atoms with Crippen LogP contribution in [0.15, 0.2) is 24.3 Å². The predicted octanol–water partition coefficient (Wildman–Crippen LogP) is 2.22. The Morgan fingerprint density at radius 2 is 2.00 bits per heavy atom. The van der Waals surface area contributed by atoms with E-state index < -0.39 is 11.8 Å². The first-order valence-corrected chi connectivity index (χ1v) is 8.49. The molecule has 0 radical (unpaired) electrons. The Labute approximate surface area is 141 Å². The summed E-state index contributed by atoms with van der Waals surface area (Å²) in [6, 6.07) is 7.13. The first-order valence-electron chi connectivity index (χ1n) is 8.11. The van der Waals surface area contributed by atoms with E-state index in [0.717, 1.165) is 32.4 Å². The Morgan fingerprint density at radius 3 is 2.78 bits per heavy atom. The number of hydrogen-bond donors (Lipinski definition) is 1. The first-order chi connectivity index (χ1) is 11.1. The van der Waals surface area contributed by atoms with Crippen LogP contribution in [0.3, 0.4) is 0 Å². The minimum atomic E-state index is -0.599. The Kier molecular flexibility index (Phi) is 4.87. The van der Waals surface area contributed by atoms with Crippen molar-refractivity contribution in [2.75, 3.05) is 32.0 Å². The highest BCUT2D eigenvalue weighted by atomic mass is 35.5. The van der Waals surface area contributed by atoms with Gasteiger partial charge in [-0.3, -0.25) is 9.59 Å². The molecule has 2 aliphatic rings. The lowest BCUT2D eigenvalue weighted by Gasteiger charge is -2.46. The van der Waals surface area contributed by atoms with Gasteiger partial charge in [0.05, 0.1) is 10.7 Å². The number of likely N-dealkylation sites (tertiary alicyclic amines) is 2. The summed E-state index contributed by atoms with van der Waals surface area (Å²) in [7, 11) is 2.11. The number of amides is 2. The minimum Gasteiger partial charge on any atom is -0.331 e. The average Bonchev–Trinajstić information content (AvgIpc) is 2.55. The third kappa shape index (κ3) is 3.51. The van der Waals surface area contributed by atoms with Gasteiger partial charge in [-0.1, -0.05) is 23.7 Å². The molecule has 23 heavy (non-hydrogen) atoms. The van der Waals surface area contributed by atoms with E-state index in [1.807, 2.05) is 0 Å². The van der Waals surface area contributed by atoms with Gasteiger partial charge in [-0.15, -0.1) is 0 Å². The van der Waals surface area contributed by atoms with E-state index in [4.69, 9.17) is 11.6 Å². The molecule has 2 aliphatic heterocycles. The largest absolute Gasteiger partial charge is 0.331 e. The highest BCUT2D eigenvalue weighted by molar-refractivity contribution is 6.41. The molecule has 0 aliphatic carbocycles. The van der Waals surface area contributed by atoms with Gasteiger partial charge < -0.3 is 15.1 Å². The molecule has 2 saturated heterocycles. The van der Waals surface area contributed by atoms with Crippen molar-refractivity contribution in [2.24, 2.45) is 5.92 Å². The summed E-state index contributed by atoms with van der Waals surface area (Å²) in [6.07, 6.45) is 3.03. The number of carbonyl (C=O) groups is 2. The van der Waals surface area contributed by atoms with Crippen LogP contribution in [0.25, 0.3) is 0 Å². The Hall–Kier alpha value is -1.59. The van der Waals surface area contributed by atoms with Crippen molar-refractivity contribution in [1.82, 2.24) is 9.80 Å². The molecule has 6 heteroatoms. The van der Waals surface area contributed by atoms with Gasteiger partial charge in [-0.05, 0) is 50.9 Å². The summed E-state index contributed by atoms with van der Waals surface area (Å²) < 4.78 is 0. The second-order valence-electron chi connectivity index (χ2n) is 6.45. The summed E-state index contributed by atoms with van der Waals surface area (Å²) in [5.74, 6) is -0.568. The molecule has 3 rings (SSSR count). The maximum absolute atomic E-state index is 12.6.